The minimum Gasteiger partial charge on any atom is -0.481 e. The molecule has 0 bridgehead atoms. The van der Waals surface area contributed by atoms with Gasteiger partial charge in [-0.15, -0.1) is 0 Å². The van der Waals surface area contributed by atoms with E-state index < -0.39 is 5.97 Å². The van der Waals surface area contributed by atoms with E-state index in [2.05, 4.69) is 5.32 Å². The number of carbonyl (C=O) groups is 2. The number of carbonyl (C=O) groups excluding carboxylic acids is 1. The number of likely N-dealkylation sites (N-methyl/N-ethyl adjacent to an activating group) is 1. The van der Waals surface area contributed by atoms with Crippen LogP contribution in [0.5, 0.6) is 0 Å². The zero-order valence-electron chi connectivity index (χ0n) is 10.0. The molecule has 0 radical (unpaired) electrons. The number of methoxy groups -OCH3 is 1. The maximum atomic E-state index is 11.4. The Morgan fingerprint density at radius 2 is 2.12 bits per heavy atom. The lowest BCUT2D eigenvalue weighted by Gasteiger charge is -2.22. The molecule has 1 amide bonds. The van der Waals surface area contributed by atoms with Crippen LogP contribution in [0.3, 0.4) is 0 Å². The first-order chi connectivity index (χ1) is 7.47. The van der Waals surface area contributed by atoms with Crippen LogP contribution in [0.2, 0.25) is 0 Å². The van der Waals surface area contributed by atoms with E-state index in [9.17, 15) is 9.59 Å². The fourth-order valence-corrected chi connectivity index (χ4v) is 1.14. The molecule has 1 unspecified atom stereocenters. The fraction of sp³-hybridized carbons (Fsp3) is 0.800. The van der Waals surface area contributed by atoms with E-state index in [0.717, 1.165) is 0 Å². The second-order valence-electron chi connectivity index (χ2n) is 3.70. The normalized spacial score (nSPS) is 12.5. The maximum absolute atomic E-state index is 11.4. The number of nitrogens with zero attached hydrogens (tertiary/aromatic N) is 1. The molecular formula is C10H20N2O4. The zero-order valence-corrected chi connectivity index (χ0v) is 10.0. The Kier molecular flexibility index (Phi) is 7.49. The fourth-order valence-electron chi connectivity index (χ4n) is 1.14. The third-order valence-electron chi connectivity index (χ3n) is 2.24. The van der Waals surface area contributed by atoms with Crippen molar-refractivity contribution < 1.29 is 19.4 Å². The summed E-state index contributed by atoms with van der Waals surface area (Å²) in [5, 5.41) is 11.3. The van der Waals surface area contributed by atoms with Gasteiger partial charge in [0.25, 0.3) is 0 Å². The molecule has 2 N–H and O–H groups in total. The first kappa shape index (κ1) is 14.9. The minimum absolute atomic E-state index is 0.0296. The van der Waals surface area contributed by atoms with Gasteiger partial charge in [0.1, 0.15) is 0 Å². The molecule has 94 valence electrons. The van der Waals surface area contributed by atoms with Crippen molar-refractivity contribution in [3.63, 3.8) is 0 Å². The number of carboxylic acid groups (broad SMARTS) is 1. The molecule has 0 aromatic rings. The summed E-state index contributed by atoms with van der Waals surface area (Å²) in [5.41, 5.74) is 0. The third kappa shape index (κ3) is 7.19. The highest BCUT2D eigenvalue weighted by Crippen LogP contribution is 2.00. The molecule has 0 aromatic carbocycles. The second kappa shape index (κ2) is 8.06. The van der Waals surface area contributed by atoms with Crippen LogP contribution >= 0.6 is 0 Å². The zero-order chi connectivity index (χ0) is 12.6. The molecule has 6 nitrogen and oxygen atoms in total. The monoisotopic (exact) mass is 232 g/mol. The maximum Gasteiger partial charge on any atom is 0.304 e. The minimum atomic E-state index is -0.862. The lowest BCUT2D eigenvalue weighted by Crippen LogP contribution is -2.41. The quantitative estimate of drug-likeness (QED) is 0.554. The summed E-state index contributed by atoms with van der Waals surface area (Å²) in [7, 11) is 3.29. The molecule has 0 saturated carbocycles. The standard InChI is InChI=1S/C10H20N2O4/c1-8(6-10(14)15)12(2)7-9(13)11-4-5-16-3/h8H,4-7H2,1-3H3,(H,11,13)(H,14,15). The van der Waals surface area contributed by atoms with Crippen LogP contribution in [0, 0.1) is 0 Å². The van der Waals surface area contributed by atoms with E-state index in [0.29, 0.717) is 13.2 Å². The molecule has 1 atom stereocenters. The molecule has 6 heteroatoms. The van der Waals surface area contributed by atoms with Gasteiger partial charge in [-0.05, 0) is 14.0 Å². The van der Waals surface area contributed by atoms with Crippen molar-refractivity contribution in [2.45, 2.75) is 19.4 Å². The summed E-state index contributed by atoms with van der Waals surface area (Å²) in [6.07, 6.45) is 0.0296. The predicted molar refractivity (Wildman–Crippen MR) is 59.2 cm³/mol. The van der Waals surface area contributed by atoms with E-state index in [1.165, 1.54) is 0 Å². The van der Waals surface area contributed by atoms with E-state index in [1.54, 1.807) is 26.0 Å². The summed E-state index contributed by atoms with van der Waals surface area (Å²) in [6, 6.07) is -0.161. The van der Waals surface area contributed by atoms with Crippen molar-refractivity contribution in [3.05, 3.63) is 0 Å². The van der Waals surface area contributed by atoms with Gasteiger partial charge < -0.3 is 15.2 Å². The van der Waals surface area contributed by atoms with Crippen LogP contribution in [0.1, 0.15) is 13.3 Å². The summed E-state index contributed by atoms with van der Waals surface area (Å²) >= 11 is 0. The summed E-state index contributed by atoms with van der Waals surface area (Å²) in [5.74, 6) is -0.990. The highest BCUT2D eigenvalue weighted by molar-refractivity contribution is 5.78. The first-order valence-corrected chi connectivity index (χ1v) is 5.15. The summed E-state index contributed by atoms with van der Waals surface area (Å²) < 4.78 is 4.79. The van der Waals surface area contributed by atoms with Gasteiger partial charge in [-0.25, -0.2) is 0 Å². The predicted octanol–water partition coefficient (Wildman–Crippen LogP) is -0.456. The van der Waals surface area contributed by atoms with Gasteiger partial charge in [0.05, 0.1) is 19.6 Å². The van der Waals surface area contributed by atoms with Gasteiger partial charge in [0, 0.05) is 19.7 Å². The van der Waals surface area contributed by atoms with Gasteiger partial charge in [0.2, 0.25) is 5.91 Å². The van der Waals surface area contributed by atoms with Crippen LogP contribution < -0.4 is 5.32 Å². The second-order valence-corrected chi connectivity index (χ2v) is 3.70. The molecule has 0 spiro atoms. The highest BCUT2D eigenvalue weighted by Gasteiger charge is 2.15. The van der Waals surface area contributed by atoms with Crippen molar-refractivity contribution in [2.75, 3.05) is 33.9 Å². The number of hydrogen-bond acceptors (Lipinski definition) is 4. The van der Waals surface area contributed by atoms with E-state index in [1.807, 2.05) is 0 Å². The number of ether oxygens (including phenoxy) is 1. The Morgan fingerprint density at radius 1 is 1.50 bits per heavy atom. The molecule has 0 heterocycles. The number of carboxylic acids is 1. The molecular weight excluding hydrogens is 212 g/mol. The number of nitrogens with one attached hydrogen (secondary N) is 1. The van der Waals surface area contributed by atoms with Gasteiger partial charge in [-0.3, -0.25) is 14.5 Å². The van der Waals surface area contributed by atoms with Crippen LogP contribution in [-0.4, -0.2) is 61.8 Å². The Labute approximate surface area is 95.6 Å². The Morgan fingerprint density at radius 3 is 2.62 bits per heavy atom. The number of amides is 1. The van der Waals surface area contributed by atoms with Crippen LogP contribution in [0.4, 0.5) is 0 Å². The molecule has 0 aromatic heterocycles. The highest BCUT2D eigenvalue weighted by atomic mass is 16.5. The van der Waals surface area contributed by atoms with E-state index in [4.69, 9.17) is 9.84 Å². The first-order valence-electron chi connectivity index (χ1n) is 5.15. The van der Waals surface area contributed by atoms with Gasteiger partial charge >= 0.3 is 5.97 Å². The van der Waals surface area contributed by atoms with Crippen LogP contribution in [-0.2, 0) is 14.3 Å². The SMILES string of the molecule is COCCNC(=O)CN(C)C(C)CC(=O)O. The van der Waals surface area contributed by atoms with Crippen molar-refractivity contribution >= 4 is 11.9 Å². The Balaban J connectivity index is 3.80. The number of aliphatic carboxylic acids is 1. The average Bonchev–Trinajstić information content (AvgIpc) is 2.16. The Bertz CT molecular complexity index is 233. The summed E-state index contributed by atoms with van der Waals surface area (Å²) in [4.78, 5) is 23.5. The van der Waals surface area contributed by atoms with Crippen molar-refractivity contribution in [3.8, 4) is 0 Å². The van der Waals surface area contributed by atoms with Crippen LogP contribution in [0.15, 0.2) is 0 Å². The number of rotatable bonds is 8. The van der Waals surface area contributed by atoms with Crippen molar-refractivity contribution in [1.29, 1.82) is 0 Å². The Hall–Kier alpha value is -1.14. The third-order valence-corrected chi connectivity index (χ3v) is 2.24. The molecule has 0 aliphatic heterocycles. The lowest BCUT2D eigenvalue weighted by atomic mass is 10.2. The molecule has 0 aliphatic carbocycles. The topological polar surface area (TPSA) is 78.9 Å². The van der Waals surface area contributed by atoms with Gasteiger partial charge in [-0.2, -0.15) is 0 Å². The van der Waals surface area contributed by atoms with Gasteiger partial charge in [0.15, 0.2) is 0 Å². The molecule has 0 fully saturated rings. The largest absolute Gasteiger partial charge is 0.481 e. The number of hydrogen-bond donors (Lipinski definition) is 2. The van der Waals surface area contributed by atoms with Crippen LogP contribution in [0.25, 0.3) is 0 Å². The van der Waals surface area contributed by atoms with E-state index >= 15 is 0 Å². The molecule has 16 heavy (non-hydrogen) atoms. The van der Waals surface area contributed by atoms with Crippen molar-refractivity contribution in [2.24, 2.45) is 0 Å². The van der Waals surface area contributed by atoms with E-state index in [-0.39, 0.29) is 24.9 Å². The molecule has 0 rings (SSSR count). The molecule has 0 aliphatic rings. The van der Waals surface area contributed by atoms with Crippen molar-refractivity contribution in [1.82, 2.24) is 10.2 Å². The summed E-state index contributed by atoms with van der Waals surface area (Å²) in [6.45, 7) is 2.91. The average molecular weight is 232 g/mol. The smallest absolute Gasteiger partial charge is 0.304 e. The lowest BCUT2D eigenvalue weighted by molar-refractivity contribution is -0.138. The van der Waals surface area contributed by atoms with Gasteiger partial charge in [-0.1, -0.05) is 0 Å². The molecule has 0 saturated heterocycles.